The van der Waals surface area contributed by atoms with Crippen LogP contribution in [0.3, 0.4) is 0 Å². The molecule has 1 atom stereocenters. The number of hydrogen-bond donors (Lipinski definition) is 1. The minimum absolute atomic E-state index is 0.211. The minimum atomic E-state index is -3.54. The summed E-state index contributed by atoms with van der Waals surface area (Å²) in [5, 5.41) is 11.4. The highest BCUT2D eigenvalue weighted by atomic mass is 35.5. The Morgan fingerprint density at radius 3 is 2.47 bits per heavy atom. The van der Waals surface area contributed by atoms with Gasteiger partial charge in [0.2, 0.25) is 5.91 Å². The monoisotopic (exact) mass is 464 g/mol. The summed E-state index contributed by atoms with van der Waals surface area (Å²) in [5.41, 5.74) is 0.538. The second-order valence-electron chi connectivity index (χ2n) is 6.51. The molecule has 3 rings (SSSR count). The maximum absolute atomic E-state index is 12.7. The molecule has 30 heavy (non-hydrogen) atoms. The molecule has 1 aromatic heterocycles. The van der Waals surface area contributed by atoms with E-state index < -0.39 is 15.1 Å². The first kappa shape index (κ1) is 22.3. The fourth-order valence-electron chi connectivity index (χ4n) is 2.68. The van der Waals surface area contributed by atoms with Crippen molar-refractivity contribution < 1.29 is 13.2 Å². The number of sulfone groups is 1. The Morgan fingerprint density at radius 2 is 1.80 bits per heavy atom. The minimum Gasteiger partial charge on any atom is -0.324 e. The summed E-state index contributed by atoms with van der Waals surface area (Å²) in [6.45, 7) is 1.89. The molecule has 0 aliphatic rings. The van der Waals surface area contributed by atoms with Crippen LogP contribution >= 0.6 is 23.4 Å². The molecule has 0 fully saturated rings. The van der Waals surface area contributed by atoms with Crippen LogP contribution in [0.15, 0.2) is 64.6 Å². The van der Waals surface area contributed by atoms with E-state index in [1.54, 1.807) is 66.2 Å². The Bertz CT molecular complexity index is 1130. The smallest absolute Gasteiger partial charge is 0.238 e. The van der Waals surface area contributed by atoms with Crippen molar-refractivity contribution in [1.82, 2.24) is 14.8 Å². The first-order valence-corrected chi connectivity index (χ1v) is 12.1. The van der Waals surface area contributed by atoms with E-state index in [1.807, 2.05) is 6.92 Å². The lowest BCUT2D eigenvalue weighted by molar-refractivity contribution is -0.115. The molecule has 0 spiro atoms. The van der Waals surface area contributed by atoms with Crippen molar-refractivity contribution in [2.75, 3.05) is 5.32 Å². The van der Waals surface area contributed by atoms with Crippen molar-refractivity contribution in [3.05, 3.63) is 65.4 Å². The maximum Gasteiger partial charge on any atom is 0.238 e. The number of carbonyl (C=O) groups is 1. The predicted octanol–water partition coefficient (Wildman–Crippen LogP) is 3.95. The average molecular weight is 465 g/mol. The van der Waals surface area contributed by atoms with Crippen LogP contribution in [0.2, 0.25) is 5.02 Å². The second kappa shape index (κ2) is 9.63. The van der Waals surface area contributed by atoms with Crippen LogP contribution in [0.5, 0.6) is 0 Å². The van der Waals surface area contributed by atoms with Crippen molar-refractivity contribution >= 4 is 44.8 Å². The molecule has 10 heteroatoms. The molecular weight excluding hydrogens is 444 g/mol. The van der Waals surface area contributed by atoms with Gasteiger partial charge in [-0.25, -0.2) is 8.42 Å². The molecule has 1 N–H and O–H groups in total. The molecule has 0 saturated carbocycles. The highest BCUT2D eigenvalue weighted by molar-refractivity contribution is 8.00. The number of rotatable bonds is 8. The fraction of sp³-hybridized carbons (Fsp3) is 0.250. The van der Waals surface area contributed by atoms with Crippen LogP contribution in [-0.2, 0) is 27.4 Å². The number of para-hydroxylation sites is 1. The zero-order valence-electron chi connectivity index (χ0n) is 16.4. The van der Waals surface area contributed by atoms with Gasteiger partial charge in [0.05, 0.1) is 20.9 Å². The van der Waals surface area contributed by atoms with E-state index in [2.05, 4.69) is 15.5 Å². The number of nitrogens with one attached hydrogen (secondary N) is 1. The maximum atomic E-state index is 12.7. The first-order valence-electron chi connectivity index (χ1n) is 9.20. The summed E-state index contributed by atoms with van der Waals surface area (Å²) >= 11 is 7.34. The van der Waals surface area contributed by atoms with Gasteiger partial charge in [-0.15, -0.1) is 10.2 Å². The van der Waals surface area contributed by atoms with Crippen LogP contribution in [0.25, 0.3) is 0 Å². The second-order valence-corrected chi connectivity index (χ2v) is 10.1. The Balaban J connectivity index is 1.73. The molecule has 0 bridgehead atoms. The van der Waals surface area contributed by atoms with Crippen molar-refractivity contribution in [3.8, 4) is 0 Å². The molecule has 0 aliphatic heterocycles. The van der Waals surface area contributed by atoms with Crippen molar-refractivity contribution in [3.63, 3.8) is 0 Å². The zero-order valence-corrected chi connectivity index (χ0v) is 18.8. The number of nitrogens with zero attached hydrogens (tertiary/aromatic N) is 3. The van der Waals surface area contributed by atoms with E-state index in [-0.39, 0.29) is 16.6 Å². The van der Waals surface area contributed by atoms with Crippen LogP contribution in [0.1, 0.15) is 19.2 Å². The number of anilines is 1. The fourth-order valence-corrected chi connectivity index (χ4v) is 5.13. The Labute approximate surface area is 184 Å². The number of hydrogen-bond acceptors (Lipinski definition) is 6. The highest BCUT2D eigenvalue weighted by Gasteiger charge is 2.24. The van der Waals surface area contributed by atoms with Gasteiger partial charge in [0, 0.05) is 7.05 Å². The largest absolute Gasteiger partial charge is 0.324 e. The van der Waals surface area contributed by atoms with Crippen LogP contribution in [0, 0.1) is 0 Å². The van der Waals surface area contributed by atoms with Crippen LogP contribution < -0.4 is 5.32 Å². The molecule has 2 aromatic carbocycles. The molecule has 0 radical (unpaired) electrons. The van der Waals surface area contributed by atoms with E-state index in [4.69, 9.17) is 11.6 Å². The lowest BCUT2D eigenvalue weighted by atomic mass is 10.2. The number of carbonyl (C=O) groups excluding carboxylic acids is 1. The van der Waals surface area contributed by atoms with Gasteiger partial charge in [-0.3, -0.25) is 4.79 Å². The quantitative estimate of drug-likeness (QED) is 0.507. The van der Waals surface area contributed by atoms with E-state index in [0.29, 0.717) is 28.1 Å². The molecule has 1 heterocycles. The molecule has 1 amide bonds. The average Bonchev–Trinajstić information content (AvgIpc) is 3.07. The van der Waals surface area contributed by atoms with Crippen LogP contribution in [-0.4, -0.2) is 34.3 Å². The van der Waals surface area contributed by atoms with Gasteiger partial charge in [-0.05, 0) is 30.7 Å². The van der Waals surface area contributed by atoms with E-state index >= 15 is 0 Å². The molecule has 7 nitrogen and oxygen atoms in total. The van der Waals surface area contributed by atoms with Gasteiger partial charge in [0.25, 0.3) is 0 Å². The molecule has 0 saturated heterocycles. The van der Waals surface area contributed by atoms with Crippen molar-refractivity contribution in [1.29, 1.82) is 0 Å². The van der Waals surface area contributed by atoms with Gasteiger partial charge in [-0.1, -0.05) is 60.6 Å². The van der Waals surface area contributed by atoms with Crippen molar-refractivity contribution in [2.45, 2.75) is 34.4 Å². The van der Waals surface area contributed by atoms with E-state index in [0.717, 1.165) is 0 Å². The Morgan fingerprint density at radius 1 is 1.13 bits per heavy atom. The topological polar surface area (TPSA) is 93.9 Å². The molecular formula is C20H21ClN4O3S2. The zero-order chi connectivity index (χ0) is 21.7. The van der Waals surface area contributed by atoms with Gasteiger partial charge >= 0.3 is 0 Å². The number of thioether (sulfide) groups is 1. The predicted molar refractivity (Wildman–Crippen MR) is 118 cm³/mol. The Hall–Kier alpha value is -2.36. The van der Waals surface area contributed by atoms with Crippen LogP contribution in [0.4, 0.5) is 5.69 Å². The summed E-state index contributed by atoms with van der Waals surface area (Å²) in [4.78, 5) is 12.9. The molecule has 1 unspecified atom stereocenters. The first-order chi connectivity index (χ1) is 14.3. The van der Waals surface area contributed by atoms with E-state index in [1.165, 1.54) is 11.8 Å². The van der Waals surface area contributed by atoms with Gasteiger partial charge in [-0.2, -0.15) is 0 Å². The number of halogens is 1. The number of aromatic nitrogens is 3. The lowest BCUT2D eigenvalue weighted by Crippen LogP contribution is -2.25. The molecule has 158 valence electrons. The number of amides is 1. The summed E-state index contributed by atoms with van der Waals surface area (Å²) in [6, 6.07) is 15.2. The summed E-state index contributed by atoms with van der Waals surface area (Å²) < 4.78 is 26.8. The van der Waals surface area contributed by atoms with Gasteiger partial charge in [0.1, 0.15) is 11.6 Å². The third-order valence-electron chi connectivity index (χ3n) is 4.39. The normalized spacial score (nSPS) is 12.5. The van der Waals surface area contributed by atoms with E-state index in [9.17, 15) is 13.2 Å². The molecule has 3 aromatic rings. The third kappa shape index (κ3) is 5.21. The van der Waals surface area contributed by atoms with Gasteiger partial charge < -0.3 is 9.88 Å². The summed E-state index contributed by atoms with van der Waals surface area (Å²) in [5.74, 6) is -0.177. The highest BCUT2D eigenvalue weighted by Crippen LogP contribution is 2.27. The lowest BCUT2D eigenvalue weighted by Gasteiger charge is -2.15. The standard InChI is InChI=1S/C20H21ClN4O3S2/c1-3-17(19(26)22-16-12-8-7-11-15(16)21)29-20-24-23-18(25(20)2)13-30(27,28)14-9-5-4-6-10-14/h4-12,17H,3,13H2,1-2H3,(H,22,26). The Kier molecular flexibility index (Phi) is 7.17. The summed E-state index contributed by atoms with van der Waals surface area (Å²) in [6.07, 6.45) is 0.547. The van der Waals surface area contributed by atoms with Crippen molar-refractivity contribution in [2.24, 2.45) is 7.05 Å². The number of benzene rings is 2. The SMILES string of the molecule is CCC(Sc1nnc(CS(=O)(=O)c2ccccc2)n1C)C(=O)Nc1ccccc1Cl. The van der Waals surface area contributed by atoms with Gasteiger partial charge in [0.15, 0.2) is 15.0 Å². The third-order valence-corrected chi connectivity index (χ3v) is 7.75. The molecule has 0 aliphatic carbocycles. The summed E-state index contributed by atoms with van der Waals surface area (Å²) in [7, 11) is -1.85.